The molecule has 0 unspecified atom stereocenters. The van der Waals surface area contributed by atoms with Gasteiger partial charge in [0.05, 0.1) is 11.6 Å². The molecule has 1 aliphatic heterocycles. The van der Waals surface area contributed by atoms with Crippen molar-refractivity contribution in [1.29, 1.82) is 0 Å². The molecule has 2 aromatic carbocycles. The Labute approximate surface area is 183 Å². The molecule has 0 aromatic heterocycles. The van der Waals surface area contributed by atoms with Crippen LogP contribution in [0.15, 0.2) is 48.5 Å². The van der Waals surface area contributed by atoms with Gasteiger partial charge in [0.2, 0.25) is 0 Å². The summed E-state index contributed by atoms with van der Waals surface area (Å²) in [4.78, 5) is 38.2. The van der Waals surface area contributed by atoms with Crippen molar-refractivity contribution in [2.24, 2.45) is 5.92 Å². The van der Waals surface area contributed by atoms with Gasteiger partial charge in [-0.15, -0.1) is 0 Å². The molecule has 0 bridgehead atoms. The SMILES string of the molecule is CC[C@@H](C)CNC(=O)N[C@@H](C)C(=O)NN1C(=O)[C@@H](C)c2ccccc2-c2ccccc21. The zero-order chi connectivity index (χ0) is 22.5. The Morgan fingerprint density at radius 3 is 2.39 bits per heavy atom. The van der Waals surface area contributed by atoms with Gasteiger partial charge in [-0.1, -0.05) is 62.7 Å². The van der Waals surface area contributed by atoms with E-state index in [9.17, 15) is 14.4 Å². The van der Waals surface area contributed by atoms with Crippen molar-refractivity contribution < 1.29 is 14.4 Å². The summed E-state index contributed by atoms with van der Waals surface area (Å²) in [5.41, 5.74) is 6.05. The summed E-state index contributed by atoms with van der Waals surface area (Å²) < 4.78 is 0. The number of amides is 4. The Hall–Kier alpha value is -3.35. The summed E-state index contributed by atoms with van der Waals surface area (Å²) in [6.45, 7) is 8.04. The van der Waals surface area contributed by atoms with Crippen LogP contribution in [0.25, 0.3) is 11.1 Å². The highest BCUT2D eigenvalue weighted by molar-refractivity contribution is 6.06. The fourth-order valence-electron chi connectivity index (χ4n) is 3.51. The number of nitrogens with one attached hydrogen (secondary N) is 3. The van der Waals surface area contributed by atoms with E-state index in [0.717, 1.165) is 23.1 Å². The predicted molar refractivity (Wildman–Crippen MR) is 121 cm³/mol. The molecule has 2 aromatic rings. The van der Waals surface area contributed by atoms with E-state index in [0.29, 0.717) is 18.2 Å². The standard InChI is InChI=1S/C24H30N4O3/c1-5-15(2)14-25-24(31)26-17(4)22(29)27-28-21-13-9-8-12-20(21)19-11-7-6-10-18(19)16(3)23(28)30/h6-13,15-17H,5,14H2,1-4H3,(H,27,29)(H2,25,26,31)/t15-,16+,17+/m1/s1. The molecule has 0 saturated carbocycles. The number of hydrogen-bond donors (Lipinski definition) is 3. The van der Waals surface area contributed by atoms with Crippen LogP contribution >= 0.6 is 0 Å². The number of para-hydroxylation sites is 1. The van der Waals surface area contributed by atoms with E-state index in [2.05, 4.69) is 23.0 Å². The number of urea groups is 1. The lowest BCUT2D eigenvalue weighted by molar-refractivity contribution is -0.127. The van der Waals surface area contributed by atoms with Crippen LogP contribution < -0.4 is 21.1 Å². The van der Waals surface area contributed by atoms with Gasteiger partial charge in [-0.3, -0.25) is 15.0 Å². The molecule has 31 heavy (non-hydrogen) atoms. The molecule has 1 heterocycles. The van der Waals surface area contributed by atoms with Gasteiger partial charge in [0.1, 0.15) is 6.04 Å². The lowest BCUT2D eigenvalue weighted by atomic mass is 9.92. The Bertz CT molecular complexity index is 975. The second-order valence-electron chi connectivity index (χ2n) is 8.07. The lowest BCUT2D eigenvalue weighted by Crippen LogP contribution is -2.55. The first-order valence-electron chi connectivity index (χ1n) is 10.7. The van der Waals surface area contributed by atoms with Crippen molar-refractivity contribution in [2.45, 2.75) is 46.1 Å². The molecular weight excluding hydrogens is 392 g/mol. The molecular formula is C24H30N4O3. The summed E-state index contributed by atoms with van der Waals surface area (Å²) in [7, 11) is 0. The first kappa shape index (κ1) is 22.3. The minimum Gasteiger partial charge on any atom is -0.338 e. The summed E-state index contributed by atoms with van der Waals surface area (Å²) in [6.07, 6.45) is 0.952. The van der Waals surface area contributed by atoms with E-state index in [-0.39, 0.29) is 5.91 Å². The molecule has 0 fully saturated rings. The highest BCUT2D eigenvalue weighted by atomic mass is 16.2. The first-order valence-corrected chi connectivity index (χ1v) is 10.7. The van der Waals surface area contributed by atoms with Gasteiger partial charge in [-0.25, -0.2) is 9.80 Å². The molecule has 164 valence electrons. The summed E-state index contributed by atoms with van der Waals surface area (Å²) in [5.74, 6) is -0.797. The molecule has 4 amide bonds. The molecule has 1 aliphatic rings. The number of nitrogens with zero attached hydrogens (tertiary/aromatic N) is 1. The monoisotopic (exact) mass is 422 g/mol. The van der Waals surface area contributed by atoms with Gasteiger partial charge < -0.3 is 10.6 Å². The average molecular weight is 423 g/mol. The molecule has 7 nitrogen and oxygen atoms in total. The van der Waals surface area contributed by atoms with Gasteiger partial charge in [-0.2, -0.15) is 0 Å². The smallest absolute Gasteiger partial charge is 0.315 e. The van der Waals surface area contributed by atoms with Gasteiger partial charge >= 0.3 is 6.03 Å². The average Bonchev–Trinajstić information content (AvgIpc) is 2.87. The zero-order valence-corrected chi connectivity index (χ0v) is 18.4. The maximum Gasteiger partial charge on any atom is 0.315 e. The number of carbonyl (C=O) groups is 3. The van der Waals surface area contributed by atoms with E-state index in [1.165, 1.54) is 5.01 Å². The third-order valence-electron chi connectivity index (χ3n) is 5.72. The molecule has 3 atom stereocenters. The van der Waals surface area contributed by atoms with Crippen LogP contribution in [0.3, 0.4) is 0 Å². The maximum atomic E-state index is 13.3. The third kappa shape index (κ3) is 4.87. The molecule has 7 heteroatoms. The molecule has 0 spiro atoms. The predicted octanol–water partition coefficient (Wildman–Crippen LogP) is 3.57. The number of fused-ring (bicyclic) bond motifs is 3. The fraction of sp³-hybridized carbons (Fsp3) is 0.375. The quantitative estimate of drug-likeness (QED) is 0.665. The van der Waals surface area contributed by atoms with Crippen LogP contribution in [0, 0.1) is 5.92 Å². The topological polar surface area (TPSA) is 90.5 Å². The van der Waals surface area contributed by atoms with Crippen molar-refractivity contribution in [1.82, 2.24) is 16.1 Å². The molecule has 3 N–H and O–H groups in total. The van der Waals surface area contributed by atoms with Crippen LogP contribution in [-0.2, 0) is 9.59 Å². The fourth-order valence-corrected chi connectivity index (χ4v) is 3.51. The number of hydrazine groups is 1. The maximum absolute atomic E-state index is 13.3. The summed E-state index contributed by atoms with van der Waals surface area (Å²) >= 11 is 0. The van der Waals surface area contributed by atoms with E-state index in [1.54, 1.807) is 13.0 Å². The van der Waals surface area contributed by atoms with E-state index in [4.69, 9.17) is 0 Å². The van der Waals surface area contributed by atoms with Crippen LogP contribution in [0.1, 0.15) is 45.6 Å². The number of hydrogen-bond acceptors (Lipinski definition) is 3. The first-order chi connectivity index (χ1) is 14.8. The number of rotatable bonds is 6. The largest absolute Gasteiger partial charge is 0.338 e. The highest BCUT2D eigenvalue weighted by Gasteiger charge is 2.33. The van der Waals surface area contributed by atoms with Crippen molar-refractivity contribution in [3.05, 3.63) is 54.1 Å². The van der Waals surface area contributed by atoms with Gasteiger partial charge in [0.15, 0.2) is 0 Å². The molecule has 3 rings (SSSR count). The summed E-state index contributed by atoms with van der Waals surface area (Å²) in [6, 6.07) is 14.0. The minimum atomic E-state index is -0.821. The van der Waals surface area contributed by atoms with Gasteiger partial charge in [-0.05, 0) is 37.0 Å². The van der Waals surface area contributed by atoms with Crippen LogP contribution in [-0.4, -0.2) is 30.4 Å². The Balaban J connectivity index is 1.79. The highest BCUT2D eigenvalue weighted by Crippen LogP contribution is 2.39. The van der Waals surface area contributed by atoms with E-state index in [1.807, 2.05) is 56.3 Å². The number of carbonyl (C=O) groups excluding carboxylic acids is 3. The Morgan fingerprint density at radius 1 is 1.03 bits per heavy atom. The molecule has 0 radical (unpaired) electrons. The Morgan fingerprint density at radius 2 is 1.68 bits per heavy atom. The van der Waals surface area contributed by atoms with Crippen molar-refractivity contribution in [2.75, 3.05) is 11.6 Å². The second kappa shape index (κ2) is 9.64. The Kier molecular flexibility index (Phi) is 6.95. The third-order valence-corrected chi connectivity index (χ3v) is 5.72. The van der Waals surface area contributed by atoms with Crippen molar-refractivity contribution in [3.8, 4) is 11.1 Å². The molecule has 0 aliphatic carbocycles. The molecule has 0 saturated heterocycles. The minimum absolute atomic E-state index is 0.237. The number of benzene rings is 2. The van der Waals surface area contributed by atoms with Crippen LogP contribution in [0.5, 0.6) is 0 Å². The van der Waals surface area contributed by atoms with Crippen molar-refractivity contribution >= 4 is 23.5 Å². The van der Waals surface area contributed by atoms with Gasteiger partial charge in [0.25, 0.3) is 11.8 Å². The van der Waals surface area contributed by atoms with Gasteiger partial charge in [0, 0.05) is 12.1 Å². The van der Waals surface area contributed by atoms with Crippen LogP contribution in [0.4, 0.5) is 10.5 Å². The lowest BCUT2D eigenvalue weighted by Gasteiger charge is -2.27. The normalized spacial score (nSPS) is 17.0. The summed E-state index contributed by atoms with van der Waals surface area (Å²) in [5, 5.41) is 6.70. The zero-order valence-electron chi connectivity index (χ0n) is 18.4. The van der Waals surface area contributed by atoms with Crippen LogP contribution in [0.2, 0.25) is 0 Å². The van der Waals surface area contributed by atoms with E-state index < -0.39 is 23.9 Å². The number of anilines is 1. The van der Waals surface area contributed by atoms with Crippen molar-refractivity contribution in [3.63, 3.8) is 0 Å². The van der Waals surface area contributed by atoms with E-state index >= 15 is 0 Å². The second-order valence-corrected chi connectivity index (χ2v) is 8.07.